The molecule has 2 rings (SSSR count). The van der Waals surface area contributed by atoms with Gasteiger partial charge in [0.25, 0.3) is 0 Å². The van der Waals surface area contributed by atoms with Gasteiger partial charge < -0.3 is 15.2 Å². The van der Waals surface area contributed by atoms with Crippen LogP contribution in [-0.2, 0) is 4.74 Å². The lowest BCUT2D eigenvalue weighted by molar-refractivity contribution is -0.0975. The Morgan fingerprint density at radius 2 is 2.20 bits per heavy atom. The number of hydrogen-bond donors (Lipinski definition) is 2. The molecule has 2 atom stereocenters. The number of rotatable bonds is 5. The number of nitrogens with one attached hydrogen (secondary N) is 1. The fourth-order valence-electron chi connectivity index (χ4n) is 2.81. The molecule has 1 saturated carbocycles. The van der Waals surface area contributed by atoms with E-state index in [-0.39, 0.29) is 5.41 Å². The number of benzene rings is 1. The van der Waals surface area contributed by atoms with Gasteiger partial charge in [0, 0.05) is 23.8 Å². The molecule has 0 radical (unpaired) electrons. The molecule has 20 heavy (non-hydrogen) atoms. The van der Waals surface area contributed by atoms with Gasteiger partial charge in [0.15, 0.2) is 0 Å². The van der Waals surface area contributed by atoms with Crippen LogP contribution in [0.15, 0.2) is 18.2 Å². The molecular weight excluding hydrogens is 254 g/mol. The van der Waals surface area contributed by atoms with Crippen molar-refractivity contribution in [1.82, 2.24) is 0 Å². The van der Waals surface area contributed by atoms with Crippen LogP contribution in [0.2, 0.25) is 0 Å². The molecule has 0 spiro atoms. The zero-order valence-electron chi connectivity index (χ0n) is 12.6. The molecule has 0 aliphatic heterocycles. The van der Waals surface area contributed by atoms with Gasteiger partial charge in [-0.2, -0.15) is 0 Å². The fourth-order valence-corrected chi connectivity index (χ4v) is 2.81. The van der Waals surface area contributed by atoms with Crippen LogP contribution in [0.5, 0.6) is 0 Å². The summed E-state index contributed by atoms with van der Waals surface area (Å²) in [7, 11) is 0. The summed E-state index contributed by atoms with van der Waals surface area (Å²) in [4.78, 5) is 11.0. The molecule has 1 aliphatic carbocycles. The Balaban J connectivity index is 2.05. The third kappa shape index (κ3) is 2.66. The summed E-state index contributed by atoms with van der Waals surface area (Å²) < 4.78 is 5.72. The van der Waals surface area contributed by atoms with E-state index in [0.717, 1.165) is 24.3 Å². The topological polar surface area (TPSA) is 58.6 Å². The van der Waals surface area contributed by atoms with Crippen molar-refractivity contribution in [2.45, 2.75) is 46.3 Å². The predicted molar refractivity (Wildman–Crippen MR) is 79.4 cm³/mol. The van der Waals surface area contributed by atoms with Crippen LogP contribution >= 0.6 is 0 Å². The van der Waals surface area contributed by atoms with Crippen LogP contribution in [0.4, 0.5) is 5.69 Å². The largest absolute Gasteiger partial charge is 0.478 e. The van der Waals surface area contributed by atoms with Crippen LogP contribution in [0.25, 0.3) is 0 Å². The van der Waals surface area contributed by atoms with E-state index in [1.807, 2.05) is 26.0 Å². The summed E-state index contributed by atoms with van der Waals surface area (Å²) in [5, 5.41) is 12.5. The van der Waals surface area contributed by atoms with E-state index in [1.54, 1.807) is 6.07 Å². The molecule has 4 nitrogen and oxygen atoms in total. The number of ether oxygens (including phenoxy) is 1. The van der Waals surface area contributed by atoms with Crippen molar-refractivity contribution in [2.75, 3.05) is 11.9 Å². The quantitative estimate of drug-likeness (QED) is 0.867. The number of aromatic carboxylic acids is 1. The summed E-state index contributed by atoms with van der Waals surface area (Å²) in [5.74, 6) is -0.880. The average molecular weight is 277 g/mol. The molecule has 0 aromatic heterocycles. The van der Waals surface area contributed by atoms with Crippen molar-refractivity contribution < 1.29 is 14.6 Å². The third-order valence-corrected chi connectivity index (χ3v) is 4.34. The smallest absolute Gasteiger partial charge is 0.335 e. The maximum Gasteiger partial charge on any atom is 0.335 e. The van der Waals surface area contributed by atoms with Crippen LogP contribution in [0, 0.1) is 12.3 Å². The minimum absolute atomic E-state index is 0.0926. The molecule has 1 fully saturated rings. The number of carbonyl (C=O) groups is 1. The lowest BCUT2D eigenvalue weighted by Crippen LogP contribution is -2.58. The normalized spacial score (nSPS) is 24.0. The summed E-state index contributed by atoms with van der Waals surface area (Å²) in [6.45, 7) is 8.99. The second-order valence-electron chi connectivity index (χ2n) is 6.03. The molecule has 1 aromatic rings. The van der Waals surface area contributed by atoms with Gasteiger partial charge in [0.2, 0.25) is 0 Å². The monoisotopic (exact) mass is 277 g/mol. The number of carboxylic acid groups (broad SMARTS) is 1. The van der Waals surface area contributed by atoms with E-state index in [2.05, 4.69) is 19.2 Å². The SMILES string of the molecule is CCOC1CC(Nc2ccc(C(=O)O)c(C)c2)C1(C)C. The maximum atomic E-state index is 11.0. The van der Waals surface area contributed by atoms with E-state index in [9.17, 15) is 4.79 Å². The van der Waals surface area contributed by atoms with Crippen molar-refractivity contribution in [3.63, 3.8) is 0 Å². The Kier molecular flexibility index (Phi) is 4.04. The van der Waals surface area contributed by atoms with Crippen molar-refractivity contribution in [3.8, 4) is 0 Å². The Hall–Kier alpha value is -1.55. The summed E-state index contributed by atoms with van der Waals surface area (Å²) in [6.07, 6.45) is 1.28. The standard InChI is InChI=1S/C16H23NO3/c1-5-20-14-9-13(16(14,3)4)17-11-6-7-12(15(18)19)10(2)8-11/h6-8,13-14,17H,5,9H2,1-4H3,(H,18,19). The second kappa shape index (κ2) is 5.44. The Morgan fingerprint density at radius 3 is 2.70 bits per heavy atom. The molecule has 1 aromatic carbocycles. The third-order valence-electron chi connectivity index (χ3n) is 4.34. The van der Waals surface area contributed by atoms with Crippen LogP contribution in [-0.4, -0.2) is 29.8 Å². The highest BCUT2D eigenvalue weighted by Gasteiger charge is 2.48. The van der Waals surface area contributed by atoms with E-state index in [4.69, 9.17) is 9.84 Å². The second-order valence-corrected chi connectivity index (χ2v) is 6.03. The number of carboxylic acids is 1. The molecule has 2 unspecified atom stereocenters. The average Bonchev–Trinajstić information content (AvgIpc) is 2.37. The molecule has 2 N–H and O–H groups in total. The summed E-state index contributed by atoms with van der Waals surface area (Å²) >= 11 is 0. The first kappa shape index (κ1) is 14.9. The van der Waals surface area contributed by atoms with Crippen molar-refractivity contribution in [3.05, 3.63) is 29.3 Å². The van der Waals surface area contributed by atoms with E-state index in [0.29, 0.717) is 17.7 Å². The Bertz CT molecular complexity index is 510. The van der Waals surface area contributed by atoms with Gasteiger partial charge in [-0.25, -0.2) is 4.79 Å². The predicted octanol–water partition coefficient (Wildman–Crippen LogP) is 3.31. The first-order valence-electron chi connectivity index (χ1n) is 7.08. The minimum Gasteiger partial charge on any atom is -0.478 e. The van der Waals surface area contributed by atoms with E-state index < -0.39 is 5.97 Å². The van der Waals surface area contributed by atoms with Gasteiger partial charge in [-0.15, -0.1) is 0 Å². The first-order chi connectivity index (χ1) is 9.36. The Labute approximate surface area is 120 Å². The van der Waals surface area contributed by atoms with Gasteiger partial charge in [0.1, 0.15) is 0 Å². The molecular formula is C16H23NO3. The molecule has 0 heterocycles. The fraction of sp³-hybridized carbons (Fsp3) is 0.562. The number of anilines is 1. The molecule has 4 heteroatoms. The zero-order chi connectivity index (χ0) is 14.9. The van der Waals surface area contributed by atoms with Gasteiger partial charge in [-0.05, 0) is 44.0 Å². The van der Waals surface area contributed by atoms with E-state index >= 15 is 0 Å². The van der Waals surface area contributed by atoms with Gasteiger partial charge in [-0.3, -0.25) is 0 Å². The molecule has 0 amide bonds. The van der Waals surface area contributed by atoms with Crippen molar-refractivity contribution in [2.24, 2.45) is 5.41 Å². The van der Waals surface area contributed by atoms with Crippen LogP contribution < -0.4 is 5.32 Å². The lowest BCUT2D eigenvalue weighted by atomic mass is 9.64. The maximum absolute atomic E-state index is 11.0. The summed E-state index contributed by atoms with van der Waals surface area (Å²) in [5.41, 5.74) is 2.20. The first-order valence-corrected chi connectivity index (χ1v) is 7.08. The number of hydrogen-bond acceptors (Lipinski definition) is 3. The molecule has 0 saturated heterocycles. The Morgan fingerprint density at radius 1 is 1.50 bits per heavy atom. The van der Waals surface area contributed by atoms with Crippen LogP contribution in [0.1, 0.15) is 43.1 Å². The van der Waals surface area contributed by atoms with Gasteiger partial charge >= 0.3 is 5.97 Å². The lowest BCUT2D eigenvalue weighted by Gasteiger charge is -2.52. The molecule has 1 aliphatic rings. The van der Waals surface area contributed by atoms with Crippen LogP contribution in [0.3, 0.4) is 0 Å². The highest BCUT2D eigenvalue weighted by atomic mass is 16.5. The molecule has 110 valence electrons. The highest BCUT2D eigenvalue weighted by molar-refractivity contribution is 5.89. The highest BCUT2D eigenvalue weighted by Crippen LogP contribution is 2.44. The van der Waals surface area contributed by atoms with Gasteiger partial charge in [0.05, 0.1) is 11.7 Å². The van der Waals surface area contributed by atoms with Crippen molar-refractivity contribution >= 4 is 11.7 Å². The van der Waals surface area contributed by atoms with Gasteiger partial charge in [-0.1, -0.05) is 13.8 Å². The number of aryl methyl sites for hydroxylation is 1. The van der Waals surface area contributed by atoms with Crippen molar-refractivity contribution in [1.29, 1.82) is 0 Å². The zero-order valence-corrected chi connectivity index (χ0v) is 12.6. The van der Waals surface area contributed by atoms with E-state index in [1.165, 1.54) is 0 Å². The minimum atomic E-state index is -0.880. The molecule has 0 bridgehead atoms. The summed E-state index contributed by atoms with van der Waals surface area (Å²) in [6, 6.07) is 5.74.